The molecule has 0 amide bonds. The Hall–Kier alpha value is -1.84. The molecule has 0 radical (unpaired) electrons. The Balaban J connectivity index is 2.40. The number of hydrogen-bond acceptors (Lipinski definition) is 3. The van der Waals surface area contributed by atoms with Crippen molar-refractivity contribution >= 4 is 0 Å². The van der Waals surface area contributed by atoms with Crippen LogP contribution in [0.3, 0.4) is 0 Å². The molecular weight excluding hydrogens is 252 g/mol. The van der Waals surface area contributed by atoms with E-state index in [1.54, 1.807) is 21.3 Å². The van der Waals surface area contributed by atoms with Crippen LogP contribution in [0.25, 0.3) is 0 Å². The van der Waals surface area contributed by atoms with Gasteiger partial charge in [0.15, 0.2) is 6.29 Å². The van der Waals surface area contributed by atoms with Crippen molar-refractivity contribution in [2.45, 2.75) is 12.2 Å². The molecule has 0 saturated heterocycles. The van der Waals surface area contributed by atoms with Gasteiger partial charge >= 0.3 is 0 Å². The van der Waals surface area contributed by atoms with Gasteiger partial charge in [-0.3, -0.25) is 0 Å². The average molecular weight is 272 g/mol. The van der Waals surface area contributed by atoms with E-state index in [2.05, 4.69) is 12.1 Å². The van der Waals surface area contributed by atoms with Crippen LogP contribution in [-0.4, -0.2) is 27.6 Å². The SMILES string of the molecule is COc1ccc(C(c2ccccc2)C(OC)OC)cc1. The van der Waals surface area contributed by atoms with Crippen molar-refractivity contribution in [2.75, 3.05) is 21.3 Å². The molecule has 3 nitrogen and oxygen atoms in total. The van der Waals surface area contributed by atoms with Crippen LogP contribution in [0.4, 0.5) is 0 Å². The molecule has 2 aromatic rings. The van der Waals surface area contributed by atoms with Crippen molar-refractivity contribution in [3.05, 3.63) is 65.7 Å². The molecule has 0 aliphatic heterocycles. The molecule has 0 bridgehead atoms. The molecule has 106 valence electrons. The van der Waals surface area contributed by atoms with Gasteiger partial charge in [0, 0.05) is 14.2 Å². The number of hydrogen-bond donors (Lipinski definition) is 0. The lowest BCUT2D eigenvalue weighted by Crippen LogP contribution is -2.24. The topological polar surface area (TPSA) is 27.7 Å². The predicted octanol–water partition coefficient (Wildman–Crippen LogP) is 3.45. The normalized spacial score (nSPS) is 12.4. The third-order valence-electron chi connectivity index (χ3n) is 3.37. The summed E-state index contributed by atoms with van der Waals surface area (Å²) < 4.78 is 16.2. The zero-order valence-electron chi connectivity index (χ0n) is 12.1. The first-order valence-electron chi connectivity index (χ1n) is 6.54. The van der Waals surface area contributed by atoms with Crippen molar-refractivity contribution in [3.63, 3.8) is 0 Å². The third-order valence-corrected chi connectivity index (χ3v) is 3.37. The van der Waals surface area contributed by atoms with Gasteiger partial charge in [0.25, 0.3) is 0 Å². The van der Waals surface area contributed by atoms with E-state index in [0.29, 0.717) is 0 Å². The maximum Gasteiger partial charge on any atom is 0.167 e. The fraction of sp³-hybridized carbons (Fsp3) is 0.294. The van der Waals surface area contributed by atoms with E-state index in [9.17, 15) is 0 Å². The van der Waals surface area contributed by atoms with Crippen molar-refractivity contribution in [1.82, 2.24) is 0 Å². The van der Waals surface area contributed by atoms with E-state index in [4.69, 9.17) is 14.2 Å². The molecule has 3 heteroatoms. The zero-order chi connectivity index (χ0) is 14.4. The van der Waals surface area contributed by atoms with Gasteiger partial charge in [0.05, 0.1) is 13.0 Å². The highest BCUT2D eigenvalue weighted by Gasteiger charge is 2.24. The number of methoxy groups -OCH3 is 3. The second-order valence-corrected chi connectivity index (χ2v) is 4.50. The smallest absolute Gasteiger partial charge is 0.167 e. The molecule has 2 rings (SSSR count). The molecule has 20 heavy (non-hydrogen) atoms. The largest absolute Gasteiger partial charge is 0.497 e. The summed E-state index contributed by atoms with van der Waals surface area (Å²) in [5.74, 6) is 0.865. The Bertz CT molecular complexity index is 504. The standard InChI is InChI=1S/C17H20O3/c1-18-15-11-9-14(10-12-15)16(17(19-2)20-3)13-7-5-4-6-8-13/h4-12,16-17H,1-3H3. The molecule has 0 spiro atoms. The second kappa shape index (κ2) is 7.08. The monoisotopic (exact) mass is 272 g/mol. The molecule has 1 atom stereocenters. The molecule has 0 aliphatic carbocycles. The summed E-state index contributed by atoms with van der Waals surface area (Å²) >= 11 is 0. The van der Waals surface area contributed by atoms with E-state index in [-0.39, 0.29) is 12.2 Å². The molecule has 0 saturated carbocycles. The minimum atomic E-state index is -0.328. The van der Waals surface area contributed by atoms with Crippen molar-refractivity contribution < 1.29 is 14.2 Å². The Morgan fingerprint density at radius 3 is 1.75 bits per heavy atom. The van der Waals surface area contributed by atoms with Gasteiger partial charge in [-0.2, -0.15) is 0 Å². The lowest BCUT2D eigenvalue weighted by molar-refractivity contribution is -0.111. The van der Waals surface area contributed by atoms with Gasteiger partial charge in [-0.25, -0.2) is 0 Å². The van der Waals surface area contributed by atoms with E-state index in [1.165, 1.54) is 0 Å². The molecule has 0 N–H and O–H groups in total. The summed E-state index contributed by atoms with van der Waals surface area (Å²) in [7, 11) is 4.98. The summed E-state index contributed by atoms with van der Waals surface area (Å²) in [5.41, 5.74) is 2.29. The summed E-state index contributed by atoms with van der Waals surface area (Å²) in [6.45, 7) is 0. The maximum absolute atomic E-state index is 5.47. The maximum atomic E-state index is 5.47. The highest BCUT2D eigenvalue weighted by molar-refractivity contribution is 5.36. The highest BCUT2D eigenvalue weighted by atomic mass is 16.7. The molecule has 2 aromatic carbocycles. The van der Waals surface area contributed by atoms with Gasteiger partial charge in [-0.05, 0) is 23.3 Å². The van der Waals surface area contributed by atoms with Crippen LogP contribution >= 0.6 is 0 Å². The van der Waals surface area contributed by atoms with Crippen LogP contribution in [0.2, 0.25) is 0 Å². The van der Waals surface area contributed by atoms with Crippen LogP contribution in [0.1, 0.15) is 17.0 Å². The minimum Gasteiger partial charge on any atom is -0.497 e. The first kappa shape index (κ1) is 14.6. The summed E-state index contributed by atoms with van der Waals surface area (Å²) in [5, 5.41) is 0. The van der Waals surface area contributed by atoms with Crippen molar-refractivity contribution in [3.8, 4) is 5.75 Å². The van der Waals surface area contributed by atoms with Gasteiger partial charge in [0.1, 0.15) is 5.75 Å². The molecule has 0 aliphatic rings. The second-order valence-electron chi connectivity index (χ2n) is 4.50. The van der Waals surface area contributed by atoms with Gasteiger partial charge in [0.2, 0.25) is 0 Å². The highest BCUT2D eigenvalue weighted by Crippen LogP contribution is 2.31. The lowest BCUT2D eigenvalue weighted by Gasteiger charge is -2.25. The van der Waals surface area contributed by atoms with Gasteiger partial charge in [-0.1, -0.05) is 42.5 Å². The average Bonchev–Trinajstić information content (AvgIpc) is 2.53. The number of ether oxygens (including phenoxy) is 3. The molecule has 0 fully saturated rings. The predicted molar refractivity (Wildman–Crippen MR) is 79.1 cm³/mol. The van der Waals surface area contributed by atoms with E-state index in [0.717, 1.165) is 16.9 Å². The van der Waals surface area contributed by atoms with Crippen LogP contribution < -0.4 is 4.74 Å². The van der Waals surface area contributed by atoms with Crippen molar-refractivity contribution in [1.29, 1.82) is 0 Å². The Kier molecular flexibility index (Phi) is 5.16. The molecule has 1 unspecified atom stereocenters. The minimum absolute atomic E-state index is 0.0251. The third kappa shape index (κ3) is 3.18. The van der Waals surface area contributed by atoms with Crippen LogP contribution in [0.15, 0.2) is 54.6 Å². The van der Waals surface area contributed by atoms with E-state index < -0.39 is 0 Å². The number of benzene rings is 2. The van der Waals surface area contributed by atoms with E-state index in [1.807, 2.05) is 42.5 Å². The Morgan fingerprint density at radius 1 is 0.700 bits per heavy atom. The van der Waals surface area contributed by atoms with Gasteiger partial charge < -0.3 is 14.2 Å². The quantitative estimate of drug-likeness (QED) is 0.754. The molecular formula is C17H20O3. The summed E-state index contributed by atoms with van der Waals surface area (Å²) in [4.78, 5) is 0. The molecule has 0 aromatic heterocycles. The number of rotatable bonds is 6. The Labute approximate surface area is 120 Å². The zero-order valence-corrected chi connectivity index (χ0v) is 12.1. The summed E-state index contributed by atoms with van der Waals surface area (Å²) in [6.07, 6.45) is -0.328. The van der Waals surface area contributed by atoms with E-state index >= 15 is 0 Å². The summed E-state index contributed by atoms with van der Waals surface area (Å²) in [6, 6.07) is 18.2. The first-order valence-corrected chi connectivity index (χ1v) is 6.54. The first-order chi connectivity index (χ1) is 9.80. The molecule has 0 heterocycles. The van der Waals surface area contributed by atoms with Crippen molar-refractivity contribution in [2.24, 2.45) is 0 Å². The fourth-order valence-corrected chi connectivity index (χ4v) is 2.35. The van der Waals surface area contributed by atoms with Crippen LogP contribution in [0, 0.1) is 0 Å². The fourth-order valence-electron chi connectivity index (χ4n) is 2.35. The Morgan fingerprint density at radius 2 is 1.25 bits per heavy atom. The van der Waals surface area contributed by atoms with Gasteiger partial charge in [-0.15, -0.1) is 0 Å². The lowest BCUT2D eigenvalue weighted by atomic mass is 9.90. The van der Waals surface area contributed by atoms with Crippen LogP contribution in [0.5, 0.6) is 5.75 Å². The van der Waals surface area contributed by atoms with Crippen LogP contribution in [-0.2, 0) is 9.47 Å².